The molecule has 3 heterocycles. The van der Waals surface area contributed by atoms with E-state index in [4.69, 9.17) is 4.74 Å². The zero-order chi connectivity index (χ0) is 28.4. The summed E-state index contributed by atoms with van der Waals surface area (Å²) >= 11 is 0. The van der Waals surface area contributed by atoms with Gasteiger partial charge in [-0.25, -0.2) is 13.8 Å². The predicted molar refractivity (Wildman–Crippen MR) is 146 cm³/mol. The van der Waals surface area contributed by atoms with Crippen LogP contribution in [-0.4, -0.2) is 53.2 Å². The van der Waals surface area contributed by atoms with Crippen molar-refractivity contribution in [1.82, 2.24) is 14.5 Å². The van der Waals surface area contributed by atoms with Gasteiger partial charge in [0.1, 0.15) is 35.0 Å². The first kappa shape index (κ1) is 27.0. The Bertz CT molecular complexity index is 1600. The van der Waals surface area contributed by atoms with Gasteiger partial charge in [0.2, 0.25) is 0 Å². The number of rotatable bonds is 6. The maximum absolute atomic E-state index is 13.8. The average molecular weight is 544 g/mol. The van der Waals surface area contributed by atoms with Crippen molar-refractivity contribution in [3.05, 3.63) is 106 Å². The Kier molecular flexibility index (Phi) is 7.58. The van der Waals surface area contributed by atoms with Gasteiger partial charge in [-0.3, -0.25) is 14.5 Å². The molecule has 5 rings (SSSR count). The van der Waals surface area contributed by atoms with E-state index in [1.807, 2.05) is 16.7 Å². The number of esters is 1. The van der Waals surface area contributed by atoms with E-state index in [1.54, 1.807) is 41.0 Å². The number of halogens is 2. The van der Waals surface area contributed by atoms with Crippen molar-refractivity contribution in [2.45, 2.75) is 25.6 Å². The Morgan fingerprint density at radius 3 is 2.23 bits per heavy atom. The number of benzene rings is 2. The van der Waals surface area contributed by atoms with Gasteiger partial charge >= 0.3 is 5.97 Å². The van der Waals surface area contributed by atoms with Gasteiger partial charge < -0.3 is 14.2 Å². The standard InChI is InChI=1S/C30H27F2N5O3/c1-3-36-24-13-12-23(17-33)34-28(24)25(16-27(36)38)35-14-15-37(26(18-35)30(39)40-2)29(19-4-8-21(31)9-5-19)20-6-10-22(32)11-7-20/h4-13,16,26,29H,3,14-15,18H2,1-2H3. The highest BCUT2D eigenvalue weighted by atomic mass is 19.1. The van der Waals surface area contributed by atoms with E-state index in [-0.39, 0.29) is 17.8 Å². The van der Waals surface area contributed by atoms with E-state index in [0.29, 0.717) is 36.4 Å². The van der Waals surface area contributed by atoms with Crippen LogP contribution in [0.15, 0.2) is 71.5 Å². The normalized spacial score (nSPS) is 15.8. The molecule has 0 N–H and O–H groups in total. The Labute approximate surface area is 229 Å². The zero-order valence-electron chi connectivity index (χ0n) is 22.1. The molecule has 1 atom stereocenters. The number of carbonyl (C=O) groups excluding carboxylic acids is 1. The minimum absolute atomic E-state index is 0.161. The third kappa shape index (κ3) is 5.03. The maximum atomic E-state index is 13.8. The molecule has 1 aliphatic heterocycles. The highest BCUT2D eigenvalue weighted by Crippen LogP contribution is 2.35. The summed E-state index contributed by atoms with van der Waals surface area (Å²) in [5.74, 6) is -1.28. The van der Waals surface area contributed by atoms with E-state index >= 15 is 0 Å². The number of anilines is 1. The van der Waals surface area contributed by atoms with Crippen molar-refractivity contribution in [2.75, 3.05) is 31.6 Å². The lowest BCUT2D eigenvalue weighted by molar-refractivity contribution is -0.148. The number of nitrogens with zero attached hydrogens (tertiary/aromatic N) is 5. The molecule has 0 bridgehead atoms. The van der Waals surface area contributed by atoms with Crippen molar-refractivity contribution >= 4 is 22.7 Å². The number of pyridine rings is 2. The molecule has 0 spiro atoms. The Morgan fingerprint density at radius 1 is 1.05 bits per heavy atom. The number of methoxy groups -OCH3 is 1. The van der Waals surface area contributed by atoms with Crippen LogP contribution < -0.4 is 10.5 Å². The third-order valence-corrected chi connectivity index (χ3v) is 7.30. The molecule has 0 saturated carbocycles. The molecule has 2 aromatic heterocycles. The number of hydrogen-bond donors (Lipinski definition) is 0. The van der Waals surface area contributed by atoms with Crippen LogP contribution >= 0.6 is 0 Å². The number of nitriles is 1. The number of fused-ring (bicyclic) bond motifs is 1. The summed E-state index contributed by atoms with van der Waals surface area (Å²) < 4.78 is 34.4. The molecule has 1 saturated heterocycles. The lowest BCUT2D eigenvalue weighted by Gasteiger charge is -2.45. The van der Waals surface area contributed by atoms with Gasteiger partial charge in [-0.15, -0.1) is 0 Å². The van der Waals surface area contributed by atoms with Crippen LogP contribution in [-0.2, 0) is 16.1 Å². The van der Waals surface area contributed by atoms with Crippen molar-refractivity contribution in [2.24, 2.45) is 0 Å². The Balaban J connectivity index is 1.60. The van der Waals surface area contributed by atoms with Gasteiger partial charge in [0.05, 0.1) is 24.4 Å². The van der Waals surface area contributed by atoms with Crippen LogP contribution in [0.2, 0.25) is 0 Å². The van der Waals surface area contributed by atoms with Crippen LogP contribution in [0.5, 0.6) is 0 Å². The Hall–Kier alpha value is -4.62. The molecule has 40 heavy (non-hydrogen) atoms. The first-order valence-corrected chi connectivity index (χ1v) is 12.9. The molecule has 0 amide bonds. The Morgan fingerprint density at radius 2 is 1.68 bits per heavy atom. The highest BCUT2D eigenvalue weighted by Gasteiger charge is 2.39. The van der Waals surface area contributed by atoms with Crippen LogP contribution in [0.3, 0.4) is 0 Å². The number of piperazine rings is 1. The molecule has 1 aliphatic rings. The summed E-state index contributed by atoms with van der Waals surface area (Å²) in [5.41, 5.74) is 3.06. The molecule has 1 fully saturated rings. The quantitative estimate of drug-likeness (QED) is 0.339. The van der Waals surface area contributed by atoms with Gasteiger partial charge in [-0.1, -0.05) is 24.3 Å². The van der Waals surface area contributed by atoms with E-state index in [9.17, 15) is 23.6 Å². The molecular formula is C30H27F2N5O3. The highest BCUT2D eigenvalue weighted by molar-refractivity contribution is 5.89. The minimum atomic E-state index is -0.790. The van der Waals surface area contributed by atoms with E-state index in [1.165, 1.54) is 37.4 Å². The van der Waals surface area contributed by atoms with Crippen molar-refractivity contribution in [3.8, 4) is 6.07 Å². The second kappa shape index (κ2) is 11.2. The molecular weight excluding hydrogens is 516 g/mol. The van der Waals surface area contributed by atoms with Crippen molar-refractivity contribution in [1.29, 1.82) is 5.26 Å². The average Bonchev–Trinajstić information content (AvgIpc) is 2.98. The van der Waals surface area contributed by atoms with Crippen LogP contribution in [0.25, 0.3) is 11.0 Å². The summed E-state index contributed by atoms with van der Waals surface area (Å²) in [6, 6.07) is 17.5. The lowest BCUT2D eigenvalue weighted by atomic mass is 9.94. The van der Waals surface area contributed by atoms with Gasteiger partial charge in [0, 0.05) is 32.2 Å². The molecule has 10 heteroatoms. The number of aryl methyl sites for hydroxylation is 1. The summed E-state index contributed by atoms with van der Waals surface area (Å²) in [7, 11) is 1.31. The molecule has 4 aromatic rings. The van der Waals surface area contributed by atoms with Gasteiger partial charge in [-0.05, 0) is 54.4 Å². The summed E-state index contributed by atoms with van der Waals surface area (Å²) in [5, 5.41) is 9.46. The SMILES string of the molecule is CCn1c(=O)cc(N2CCN(C(c3ccc(F)cc3)c3ccc(F)cc3)C(C(=O)OC)C2)c2nc(C#N)ccc21. The molecule has 2 aromatic carbocycles. The fourth-order valence-corrected chi connectivity index (χ4v) is 5.41. The van der Waals surface area contributed by atoms with Gasteiger partial charge in [0.15, 0.2) is 0 Å². The second-order valence-corrected chi connectivity index (χ2v) is 9.52. The topological polar surface area (TPSA) is 91.5 Å². The van der Waals surface area contributed by atoms with E-state index in [2.05, 4.69) is 11.1 Å². The second-order valence-electron chi connectivity index (χ2n) is 9.52. The van der Waals surface area contributed by atoms with E-state index < -0.39 is 29.7 Å². The minimum Gasteiger partial charge on any atom is -0.468 e. The van der Waals surface area contributed by atoms with Gasteiger partial charge in [0.25, 0.3) is 5.56 Å². The number of carbonyl (C=O) groups is 1. The smallest absolute Gasteiger partial charge is 0.324 e. The zero-order valence-corrected chi connectivity index (χ0v) is 22.1. The number of aromatic nitrogens is 2. The fraction of sp³-hybridized carbons (Fsp3) is 0.267. The van der Waals surface area contributed by atoms with Crippen LogP contribution in [0.4, 0.5) is 14.5 Å². The van der Waals surface area contributed by atoms with Crippen molar-refractivity contribution in [3.63, 3.8) is 0 Å². The third-order valence-electron chi connectivity index (χ3n) is 7.30. The summed E-state index contributed by atoms with van der Waals surface area (Å²) in [6.07, 6.45) is 0. The maximum Gasteiger partial charge on any atom is 0.324 e. The summed E-state index contributed by atoms with van der Waals surface area (Å²) in [4.78, 5) is 34.6. The monoisotopic (exact) mass is 543 g/mol. The van der Waals surface area contributed by atoms with Crippen molar-refractivity contribution < 1.29 is 18.3 Å². The molecule has 8 nitrogen and oxygen atoms in total. The predicted octanol–water partition coefficient (Wildman–Crippen LogP) is 4.02. The first-order valence-electron chi connectivity index (χ1n) is 12.9. The molecule has 0 aliphatic carbocycles. The van der Waals surface area contributed by atoms with Crippen LogP contribution in [0.1, 0.15) is 29.8 Å². The number of hydrogen-bond acceptors (Lipinski definition) is 7. The lowest BCUT2D eigenvalue weighted by Crippen LogP contribution is -2.58. The van der Waals surface area contributed by atoms with E-state index in [0.717, 1.165) is 11.1 Å². The summed E-state index contributed by atoms with van der Waals surface area (Å²) in [6.45, 7) is 3.22. The molecule has 1 unspecified atom stereocenters. The fourth-order valence-electron chi connectivity index (χ4n) is 5.41. The largest absolute Gasteiger partial charge is 0.468 e. The number of ether oxygens (including phenoxy) is 1. The molecule has 0 radical (unpaired) electrons. The first-order chi connectivity index (χ1) is 19.3. The van der Waals surface area contributed by atoms with Gasteiger partial charge in [-0.2, -0.15) is 5.26 Å². The molecule has 204 valence electrons. The van der Waals surface area contributed by atoms with Crippen LogP contribution in [0, 0.1) is 23.0 Å².